The highest BCUT2D eigenvalue weighted by atomic mass is 16.4. The maximum atomic E-state index is 8.87. The highest BCUT2D eigenvalue weighted by Gasteiger charge is 2.20. The molecule has 3 N–H and O–H groups in total. The van der Waals surface area contributed by atoms with E-state index in [0.717, 1.165) is 29.3 Å². The first-order chi connectivity index (χ1) is 8.61. The molecule has 1 aromatic carbocycles. The molecule has 1 saturated carbocycles. The quantitative estimate of drug-likeness (QED) is 0.371. The van der Waals surface area contributed by atoms with Gasteiger partial charge < -0.3 is 15.8 Å². The summed E-state index contributed by atoms with van der Waals surface area (Å²) in [5, 5.41) is 12.0. The highest BCUT2D eigenvalue weighted by molar-refractivity contribution is 6.02. The van der Waals surface area contributed by atoms with E-state index in [4.69, 9.17) is 10.9 Å². The summed E-state index contributed by atoms with van der Waals surface area (Å²) in [6.45, 7) is 3.04. The molecule has 0 radical (unpaired) electrons. The number of nitrogens with zero attached hydrogens (tertiary/aromatic N) is 2. The second-order valence-corrected chi connectivity index (χ2v) is 5.18. The Hall–Kier alpha value is -1.71. The van der Waals surface area contributed by atoms with Crippen LogP contribution in [-0.4, -0.2) is 24.6 Å². The summed E-state index contributed by atoms with van der Waals surface area (Å²) in [6.07, 6.45) is 3.98. The standard InChI is InChI=1S/C14H21N3O/c1-10-6-7-13(12(8-10)14(15)16-18)17(2)9-11-4-3-5-11/h6-8,11,18H,3-5,9H2,1-2H3,(H2,15,16). The molecule has 2 rings (SSSR count). The molecular weight excluding hydrogens is 226 g/mol. The summed E-state index contributed by atoms with van der Waals surface area (Å²) >= 11 is 0. The Kier molecular flexibility index (Phi) is 3.75. The Morgan fingerprint density at radius 2 is 2.22 bits per heavy atom. The van der Waals surface area contributed by atoms with E-state index in [-0.39, 0.29) is 5.84 Å². The lowest BCUT2D eigenvalue weighted by Gasteiger charge is -2.32. The second kappa shape index (κ2) is 5.29. The Morgan fingerprint density at radius 3 is 2.78 bits per heavy atom. The maximum absolute atomic E-state index is 8.87. The third-order valence-electron chi connectivity index (χ3n) is 3.70. The third kappa shape index (κ3) is 2.58. The number of oxime groups is 1. The molecule has 1 aliphatic rings. The van der Waals surface area contributed by atoms with E-state index in [0.29, 0.717) is 0 Å². The van der Waals surface area contributed by atoms with Crippen molar-refractivity contribution in [3.8, 4) is 0 Å². The fourth-order valence-electron chi connectivity index (χ4n) is 2.40. The molecule has 0 saturated heterocycles. The summed E-state index contributed by atoms with van der Waals surface area (Å²) < 4.78 is 0. The smallest absolute Gasteiger partial charge is 0.172 e. The molecule has 0 bridgehead atoms. The number of aryl methyl sites for hydroxylation is 1. The summed E-state index contributed by atoms with van der Waals surface area (Å²) in [7, 11) is 2.07. The van der Waals surface area contributed by atoms with Crippen LogP contribution in [0.2, 0.25) is 0 Å². The molecule has 0 spiro atoms. The monoisotopic (exact) mass is 247 g/mol. The molecule has 98 valence electrons. The zero-order chi connectivity index (χ0) is 13.1. The van der Waals surface area contributed by atoms with Crippen LogP contribution in [0.15, 0.2) is 23.4 Å². The van der Waals surface area contributed by atoms with Crippen molar-refractivity contribution in [2.75, 3.05) is 18.5 Å². The lowest BCUT2D eigenvalue weighted by atomic mass is 9.85. The van der Waals surface area contributed by atoms with Crippen LogP contribution in [0.25, 0.3) is 0 Å². The van der Waals surface area contributed by atoms with Crippen molar-refractivity contribution in [1.29, 1.82) is 0 Å². The normalized spacial score (nSPS) is 16.4. The molecule has 1 fully saturated rings. The molecule has 0 aromatic heterocycles. The molecule has 0 atom stereocenters. The highest BCUT2D eigenvalue weighted by Crippen LogP contribution is 2.29. The number of hydrogen-bond acceptors (Lipinski definition) is 3. The van der Waals surface area contributed by atoms with E-state index in [2.05, 4.69) is 23.2 Å². The minimum Gasteiger partial charge on any atom is -0.409 e. The molecule has 0 aliphatic heterocycles. The van der Waals surface area contributed by atoms with Gasteiger partial charge in [0, 0.05) is 24.8 Å². The van der Waals surface area contributed by atoms with Gasteiger partial charge in [-0.3, -0.25) is 0 Å². The van der Waals surface area contributed by atoms with Gasteiger partial charge >= 0.3 is 0 Å². The van der Waals surface area contributed by atoms with Gasteiger partial charge in [0.25, 0.3) is 0 Å². The van der Waals surface area contributed by atoms with Crippen LogP contribution in [0.4, 0.5) is 5.69 Å². The van der Waals surface area contributed by atoms with Crippen molar-refractivity contribution in [3.05, 3.63) is 29.3 Å². The van der Waals surface area contributed by atoms with Crippen LogP contribution in [0.5, 0.6) is 0 Å². The van der Waals surface area contributed by atoms with Gasteiger partial charge in [0.05, 0.1) is 0 Å². The minimum atomic E-state index is 0.175. The van der Waals surface area contributed by atoms with Crippen LogP contribution >= 0.6 is 0 Å². The van der Waals surface area contributed by atoms with Crippen LogP contribution in [0.3, 0.4) is 0 Å². The van der Waals surface area contributed by atoms with Gasteiger partial charge in [0.1, 0.15) is 0 Å². The van der Waals surface area contributed by atoms with Crippen molar-refractivity contribution in [1.82, 2.24) is 0 Å². The summed E-state index contributed by atoms with van der Waals surface area (Å²) in [5.74, 6) is 0.964. The predicted octanol–water partition coefficient (Wildman–Crippen LogP) is 2.33. The van der Waals surface area contributed by atoms with Gasteiger partial charge in [-0.15, -0.1) is 0 Å². The molecule has 0 heterocycles. The van der Waals surface area contributed by atoms with E-state index < -0.39 is 0 Å². The molecular formula is C14H21N3O. The van der Waals surface area contributed by atoms with Crippen LogP contribution in [0, 0.1) is 12.8 Å². The number of rotatable bonds is 4. The largest absolute Gasteiger partial charge is 0.409 e. The summed E-state index contributed by atoms with van der Waals surface area (Å²) in [6, 6.07) is 6.06. The van der Waals surface area contributed by atoms with E-state index >= 15 is 0 Å². The Morgan fingerprint density at radius 1 is 1.50 bits per heavy atom. The van der Waals surface area contributed by atoms with Gasteiger partial charge in [-0.1, -0.05) is 23.2 Å². The van der Waals surface area contributed by atoms with E-state index in [1.165, 1.54) is 19.3 Å². The molecule has 0 amide bonds. The van der Waals surface area contributed by atoms with Crippen LogP contribution < -0.4 is 10.6 Å². The number of nitrogens with two attached hydrogens (primary N) is 1. The summed E-state index contributed by atoms with van der Waals surface area (Å²) in [5.41, 5.74) is 8.70. The van der Waals surface area contributed by atoms with Crippen molar-refractivity contribution in [3.63, 3.8) is 0 Å². The number of amidine groups is 1. The lowest BCUT2D eigenvalue weighted by molar-refractivity contribution is 0.318. The molecule has 18 heavy (non-hydrogen) atoms. The Balaban J connectivity index is 2.24. The minimum absolute atomic E-state index is 0.175. The molecule has 1 aromatic rings. The molecule has 0 unspecified atom stereocenters. The topological polar surface area (TPSA) is 61.8 Å². The third-order valence-corrected chi connectivity index (χ3v) is 3.70. The zero-order valence-electron chi connectivity index (χ0n) is 11.1. The van der Waals surface area contributed by atoms with E-state index in [1.54, 1.807) is 0 Å². The van der Waals surface area contributed by atoms with Crippen molar-refractivity contribution < 1.29 is 5.21 Å². The number of hydrogen-bond donors (Lipinski definition) is 2. The number of benzene rings is 1. The second-order valence-electron chi connectivity index (χ2n) is 5.18. The molecule has 4 nitrogen and oxygen atoms in total. The van der Waals surface area contributed by atoms with Crippen molar-refractivity contribution in [2.24, 2.45) is 16.8 Å². The SMILES string of the molecule is Cc1ccc(N(C)CC2CCC2)c(/C(N)=N/O)c1. The summed E-state index contributed by atoms with van der Waals surface area (Å²) in [4.78, 5) is 2.20. The molecule has 4 heteroatoms. The Bertz CT molecular complexity index is 452. The lowest BCUT2D eigenvalue weighted by Crippen LogP contribution is -2.31. The van der Waals surface area contributed by atoms with Crippen LogP contribution in [-0.2, 0) is 0 Å². The molecule has 1 aliphatic carbocycles. The van der Waals surface area contributed by atoms with Gasteiger partial charge in [-0.05, 0) is 37.8 Å². The van der Waals surface area contributed by atoms with E-state index in [9.17, 15) is 0 Å². The number of anilines is 1. The first kappa shape index (κ1) is 12.7. The predicted molar refractivity (Wildman–Crippen MR) is 74.3 cm³/mol. The fraction of sp³-hybridized carbons (Fsp3) is 0.500. The Labute approximate surface area is 108 Å². The maximum Gasteiger partial charge on any atom is 0.172 e. The first-order valence-electron chi connectivity index (χ1n) is 6.41. The van der Waals surface area contributed by atoms with Crippen molar-refractivity contribution >= 4 is 11.5 Å². The first-order valence-corrected chi connectivity index (χ1v) is 6.41. The van der Waals surface area contributed by atoms with Gasteiger partial charge in [0.2, 0.25) is 0 Å². The van der Waals surface area contributed by atoms with Crippen LogP contribution in [0.1, 0.15) is 30.4 Å². The van der Waals surface area contributed by atoms with Gasteiger partial charge in [-0.25, -0.2) is 0 Å². The van der Waals surface area contributed by atoms with Crippen molar-refractivity contribution in [2.45, 2.75) is 26.2 Å². The average Bonchev–Trinajstić information content (AvgIpc) is 2.32. The zero-order valence-corrected chi connectivity index (χ0v) is 11.1. The average molecular weight is 247 g/mol. The van der Waals surface area contributed by atoms with Gasteiger partial charge in [0.15, 0.2) is 5.84 Å². The van der Waals surface area contributed by atoms with E-state index in [1.807, 2.05) is 19.1 Å². The fourth-order valence-corrected chi connectivity index (χ4v) is 2.40. The van der Waals surface area contributed by atoms with Gasteiger partial charge in [-0.2, -0.15) is 0 Å².